The minimum atomic E-state index is -0.135. The number of carbonyl (C=O) groups is 1. The Morgan fingerprint density at radius 2 is 2.05 bits per heavy atom. The van der Waals surface area contributed by atoms with Crippen molar-refractivity contribution in [2.75, 3.05) is 39.8 Å². The molecule has 4 nitrogen and oxygen atoms in total. The number of nitrogens with zero attached hydrogens (tertiary/aromatic N) is 2. The number of ether oxygens (including phenoxy) is 1. The van der Waals surface area contributed by atoms with Gasteiger partial charge in [-0.25, -0.2) is 0 Å². The third kappa shape index (κ3) is 2.40. The summed E-state index contributed by atoms with van der Waals surface area (Å²) in [6.07, 6.45) is 7.06. The first kappa shape index (κ1) is 14.1. The van der Waals surface area contributed by atoms with Crippen LogP contribution >= 0.6 is 0 Å². The van der Waals surface area contributed by atoms with Crippen molar-refractivity contribution in [3.63, 3.8) is 0 Å². The molecule has 0 aromatic carbocycles. The highest BCUT2D eigenvalue weighted by atomic mass is 16.5. The lowest BCUT2D eigenvalue weighted by molar-refractivity contribution is -0.154. The minimum absolute atomic E-state index is 0.135. The van der Waals surface area contributed by atoms with Crippen LogP contribution in [0.15, 0.2) is 12.7 Å². The predicted molar refractivity (Wildman–Crippen MR) is 78.5 cm³/mol. The molecule has 0 N–H and O–H groups in total. The van der Waals surface area contributed by atoms with Gasteiger partial charge in [-0.2, -0.15) is 0 Å². The molecular weight excluding hydrogens is 252 g/mol. The monoisotopic (exact) mass is 278 g/mol. The zero-order valence-electron chi connectivity index (χ0n) is 12.6. The molecule has 20 heavy (non-hydrogen) atoms. The van der Waals surface area contributed by atoms with Crippen LogP contribution in [0.5, 0.6) is 0 Å². The number of carbonyl (C=O) groups excluding carboxylic acids is 1. The predicted octanol–water partition coefficient (Wildman–Crippen LogP) is 1.67. The molecule has 0 aromatic heterocycles. The van der Waals surface area contributed by atoms with Gasteiger partial charge < -0.3 is 9.64 Å². The second-order valence-electron chi connectivity index (χ2n) is 6.94. The summed E-state index contributed by atoms with van der Waals surface area (Å²) in [6, 6.07) is 0. The smallest absolute Gasteiger partial charge is 0.225 e. The summed E-state index contributed by atoms with van der Waals surface area (Å²) in [5.41, 5.74) is 0.239. The molecule has 1 aliphatic carbocycles. The molecule has 0 atom stereocenters. The Labute approximate surface area is 121 Å². The third-order valence-corrected chi connectivity index (χ3v) is 5.48. The fraction of sp³-hybridized carbons (Fsp3) is 0.812. The van der Waals surface area contributed by atoms with Gasteiger partial charge in [0.1, 0.15) is 0 Å². The quantitative estimate of drug-likeness (QED) is 0.717. The van der Waals surface area contributed by atoms with Gasteiger partial charge in [0.2, 0.25) is 5.91 Å². The lowest BCUT2D eigenvalue weighted by Crippen LogP contribution is -2.60. The van der Waals surface area contributed by atoms with Gasteiger partial charge in [-0.1, -0.05) is 6.08 Å². The number of amides is 1. The van der Waals surface area contributed by atoms with Gasteiger partial charge in [0.05, 0.1) is 12.0 Å². The molecule has 0 radical (unpaired) electrons. The first-order valence-corrected chi connectivity index (χ1v) is 7.77. The SMILES string of the molecule is C=CCN1CCC2(C1)CN(C(=O)CC1(OC)CCC1)C2. The summed E-state index contributed by atoms with van der Waals surface area (Å²) >= 11 is 0. The molecule has 2 aliphatic heterocycles. The van der Waals surface area contributed by atoms with E-state index < -0.39 is 0 Å². The van der Waals surface area contributed by atoms with E-state index in [0.29, 0.717) is 17.7 Å². The Morgan fingerprint density at radius 1 is 1.30 bits per heavy atom. The maximum atomic E-state index is 12.4. The van der Waals surface area contributed by atoms with E-state index in [4.69, 9.17) is 4.74 Å². The molecule has 3 rings (SSSR count). The Morgan fingerprint density at radius 3 is 2.60 bits per heavy atom. The molecule has 112 valence electrons. The van der Waals surface area contributed by atoms with E-state index in [0.717, 1.165) is 45.6 Å². The molecular formula is C16H26N2O2. The van der Waals surface area contributed by atoms with Crippen molar-refractivity contribution in [1.82, 2.24) is 9.80 Å². The highest BCUT2D eigenvalue weighted by Gasteiger charge is 2.50. The largest absolute Gasteiger partial charge is 0.378 e. The van der Waals surface area contributed by atoms with E-state index in [2.05, 4.69) is 11.5 Å². The van der Waals surface area contributed by atoms with E-state index >= 15 is 0 Å². The van der Waals surface area contributed by atoms with Gasteiger partial charge in [-0.15, -0.1) is 6.58 Å². The summed E-state index contributed by atoms with van der Waals surface area (Å²) in [5, 5.41) is 0. The normalized spacial score (nSPS) is 27.1. The van der Waals surface area contributed by atoms with Gasteiger partial charge in [-0.05, 0) is 32.2 Å². The van der Waals surface area contributed by atoms with Gasteiger partial charge in [0.15, 0.2) is 0 Å². The molecule has 0 bridgehead atoms. The second-order valence-corrected chi connectivity index (χ2v) is 6.94. The van der Waals surface area contributed by atoms with Gasteiger partial charge in [0.25, 0.3) is 0 Å². The number of hydrogen-bond acceptors (Lipinski definition) is 3. The van der Waals surface area contributed by atoms with Crippen LogP contribution < -0.4 is 0 Å². The topological polar surface area (TPSA) is 32.8 Å². The van der Waals surface area contributed by atoms with Crippen LogP contribution in [0.3, 0.4) is 0 Å². The maximum Gasteiger partial charge on any atom is 0.225 e. The first-order chi connectivity index (χ1) is 9.60. The van der Waals surface area contributed by atoms with Crippen LogP contribution in [0.25, 0.3) is 0 Å². The molecule has 0 aromatic rings. The Hall–Kier alpha value is -0.870. The van der Waals surface area contributed by atoms with Gasteiger partial charge >= 0.3 is 0 Å². The molecule has 1 amide bonds. The molecule has 2 saturated heterocycles. The van der Waals surface area contributed by atoms with Gasteiger partial charge in [0, 0.05) is 38.7 Å². The molecule has 3 aliphatic rings. The van der Waals surface area contributed by atoms with E-state index in [1.165, 1.54) is 12.8 Å². The molecule has 1 saturated carbocycles. The van der Waals surface area contributed by atoms with Gasteiger partial charge in [-0.3, -0.25) is 9.69 Å². The van der Waals surface area contributed by atoms with Crippen molar-refractivity contribution in [3.8, 4) is 0 Å². The molecule has 4 heteroatoms. The van der Waals surface area contributed by atoms with E-state index in [-0.39, 0.29) is 5.60 Å². The summed E-state index contributed by atoms with van der Waals surface area (Å²) in [4.78, 5) is 16.8. The number of likely N-dealkylation sites (tertiary alicyclic amines) is 2. The van der Waals surface area contributed by atoms with Crippen molar-refractivity contribution in [2.24, 2.45) is 5.41 Å². The average Bonchev–Trinajstić information content (AvgIpc) is 2.76. The lowest BCUT2D eigenvalue weighted by atomic mass is 9.75. The van der Waals surface area contributed by atoms with Crippen molar-refractivity contribution >= 4 is 5.91 Å². The molecule has 1 spiro atoms. The van der Waals surface area contributed by atoms with Crippen LogP contribution in [-0.4, -0.2) is 61.1 Å². The average molecular weight is 278 g/mol. The standard InChI is InChI=1S/C16H26N2O2/c1-3-8-17-9-7-15(11-17)12-18(13-15)14(19)10-16(20-2)5-4-6-16/h3H,1,4-13H2,2H3. The highest BCUT2D eigenvalue weighted by Crippen LogP contribution is 2.42. The van der Waals surface area contributed by atoms with E-state index in [1.807, 2.05) is 11.0 Å². The second kappa shape index (κ2) is 5.15. The Bertz CT molecular complexity index is 392. The first-order valence-electron chi connectivity index (χ1n) is 7.77. The zero-order chi connectivity index (χ0) is 14.2. The van der Waals surface area contributed by atoms with Crippen LogP contribution in [0.2, 0.25) is 0 Å². The number of hydrogen-bond donors (Lipinski definition) is 0. The van der Waals surface area contributed by atoms with Crippen molar-refractivity contribution in [3.05, 3.63) is 12.7 Å². The third-order valence-electron chi connectivity index (χ3n) is 5.48. The van der Waals surface area contributed by atoms with E-state index in [9.17, 15) is 4.79 Å². The van der Waals surface area contributed by atoms with Crippen molar-refractivity contribution < 1.29 is 9.53 Å². The van der Waals surface area contributed by atoms with Crippen LogP contribution in [0.4, 0.5) is 0 Å². The van der Waals surface area contributed by atoms with Crippen LogP contribution in [0, 0.1) is 5.41 Å². The zero-order valence-corrected chi connectivity index (χ0v) is 12.6. The fourth-order valence-electron chi connectivity index (χ4n) is 3.98. The number of methoxy groups -OCH3 is 1. The van der Waals surface area contributed by atoms with Crippen LogP contribution in [0.1, 0.15) is 32.1 Å². The number of rotatable bonds is 5. The molecule has 3 fully saturated rings. The summed E-state index contributed by atoms with van der Waals surface area (Å²) in [7, 11) is 1.74. The maximum absolute atomic E-state index is 12.4. The van der Waals surface area contributed by atoms with Crippen molar-refractivity contribution in [1.29, 1.82) is 0 Å². The summed E-state index contributed by atoms with van der Waals surface area (Å²) in [6.45, 7) is 8.94. The summed E-state index contributed by atoms with van der Waals surface area (Å²) in [5.74, 6) is 0.291. The Balaban J connectivity index is 1.48. The van der Waals surface area contributed by atoms with Crippen molar-refractivity contribution in [2.45, 2.75) is 37.7 Å². The fourth-order valence-corrected chi connectivity index (χ4v) is 3.98. The minimum Gasteiger partial charge on any atom is -0.378 e. The Kier molecular flexibility index (Phi) is 3.63. The highest BCUT2D eigenvalue weighted by molar-refractivity contribution is 5.78. The summed E-state index contributed by atoms with van der Waals surface area (Å²) < 4.78 is 5.56. The molecule has 2 heterocycles. The molecule has 0 unspecified atom stereocenters. The lowest BCUT2D eigenvalue weighted by Gasteiger charge is -2.50. The van der Waals surface area contributed by atoms with Crippen LogP contribution in [-0.2, 0) is 9.53 Å². The van der Waals surface area contributed by atoms with E-state index in [1.54, 1.807) is 7.11 Å².